The molecule has 0 aliphatic rings. The lowest BCUT2D eigenvalue weighted by atomic mass is 9.98. The average Bonchev–Trinajstić information content (AvgIpc) is 2.56. The SMILES string of the molecule is Cc1oc(C)c(C(O)c2ccc(Cl)c(Cl)c2)c1C. The number of hydrogen-bond donors (Lipinski definition) is 1. The number of aliphatic hydroxyl groups is 1. The highest BCUT2D eigenvalue weighted by molar-refractivity contribution is 6.42. The van der Waals surface area contributed by atoms with Crippen LogP contribution in [0.25, 0.3) is 0 Å². The molecule has 4 heteroatoms. The molecule has 2 aromatic rings. The molecular weight excluding hydrogens is 271 g/mol. The van der Waals surface area contributed by atoms with Gasteiger partial charge in [0.2, 0.25) is 0 Å². The van der Waals surface area contributed by atoms with Crippen LogP contribution in [0, 0.1) is 20.8 Å². The third kappa shape index (κ3) is 2.28. The minimum Gasteiger partial charge on any atom is -0.466 e. The van der Waals surface area contributed by atoms with E-state index >= 15 is 0 Å². The monoisotopic (exact) mass is 284 g/mol. The molecule has 1 N–H and O–H groups in total. The predicted molar refractivity (Wildman–Crippen MR) is 73.4 cm³/mol. The number of benzene rings is 1. The Morgan fingerprint density at radius 3 is 2.22 bits per heavy atom. The van der Waals surface area contributed by atoms with Crippen LogP contribution in [0.1, 0.15) is 34.3 Å². The quantitative estimate of drug-likeness (QED) is 0.875. The Morgan fingerprint density at radius 1 is 1.06 bits per heavy atom. The molecule has 0 aliphatic carbocycles. The van der Waals surface area contributed by atoms with Crippen LogP contribution in [-0.2, 0) is 0 Å². The summed E-state index contributed by atoms with van der Waals surface area (Å²) in [5.41, 5.74) is 2.47. The molecule has 1 heterocycles. The van der Waals surface area contributed by atoms with Gasteiger partial charge in [0, 0.05) is 5.56 Å². The molecule has 1 aromatic heterocycles. The maximum Gasteiger partial charge on any atom is 0.108 e. The summed E-state index contributed by atoms with van der Waals surface area (Å²) in [6.07, 6.45) is -0.753. The minimum atomic E-state index is -0.753. The van der Waals surface area contributed by atoms with Crippen molar-refractivity contribution in [2.75, 3.05) is 0 Å². The molecule has 2 nitrogen and oxygen atoms in total. The van der Waals surface area contributed by atoms with Gasteiger partial charge in [0.05, 0.1) is 10.0 Å². The normalized spacial score (nSPS) is 12.8. The topological polar surface area (TPSA) is 33.4 Å². The van der Waals surface area contributed by atoms with Gasteiger partial charge in [-0.15, -0.1) is 0 Å². The molecule has 0 saturated carbocycles. The van der Waals surface area contributed by atoms with Gasteiger partial charge in [-0.1, -0.05) is 29.3 Å². The van der Waals surface area contributed by atoms with Gasteiger partial charge in [0.1, 0.15) is 17.6 Å². The van der Waals surface area contributed by atoms with Crippen molar-refractivity contribution < 1.29 is 9.52 Å². The number of halogens is 2. The summed E-state index contributed by atoms with van der Waals surface area (Å²) in [5.74, 6) is 1.55. The van der Waals surface area contributed by atoms with Gasteiger partial charge in [0.25, 0.3) is 0 Å². The summed E-state index contributed by atoms with van der Waals surface area (Å²) < 4.78 is 5.52. The number of hydrogen-bond acceptors (Lipinski definition) is 2. The summed E-state index contributed by atoms with van der Waals surface area (Å²) in [4.78, 5) is 0. The van der Waals surface area contributed by atoms with Gasteiger partial charge in [-0.2, -0.15) is 0 Å². The molecular formula is C14H14Cl2O2. The van der Waals surface area contributed by atoms with Gasteiger partial charge in [-0.25, -0.2) is 0 Å². The van der Waals surface area contributed by atoms with E-state index in [-0.39, 0.29) is 0 Å². The number of furan rings is 1. The van der Waals surface area contributed by atoms with E-state index in [1.807, 2.05) is 20.8 Å². The van der Waals surface area contributed by atoms with Gasteiger partial charge in [0.15, 0.2) is 0 Å². The van der Waals surface area contributed by atoms with Crippen LogP contribution in [0.15, 0.2) is 22.6 Å². The molecule has 18 heavy (non-hydrogen) atoms. The maximum absolute atomic E-state index is 10.4. The first-order valence-corrected chi connectivity index (χ1v) is 6.37. The van der Waals surface area contributed by atoms with E-state index in [1.165, 1.54) is 0 Å². The van der Waals surface area contributed by atoms with Crippen molar-refractivity contribution in [1.82, 2.24) is 0 Å². The van der Waals surface area contributed by atoms with E-state index in [0.29, 0.717) is 15.6 Å². The fraction of sp³-hybridized carbons (Fsp3) is 0.286. The van der Waals surface area contributed by atoms with Crippen LogP contribution in [0.4, 0.5) is 0 Å². The highest BCUT2D eigenvalue weighted by atomic mass is 35.5. The van der Waals surface area contributed by atoms with Crippen molar-refractivity contribution in [2.24, 2.45) is 0 Å². The third-order valence-corrected chi connectivity index (χ3v) is 3.89. The van der Waals surface area contributed by atoms with Crippen LogP contribution < -0.4 is 0 Å². The van der Waals surface area contributed by atoms with Crippen molar-refractivity contribution in [1.29, 1.82) is 0 Å². The Bertz CT molecular complexity index is 588. The lowest BCUT2D eigenvalue weighted by molar-refractivity contribution is 0.217. The average molecular weight is 285 g/mol. The number of rotatable bonds is 2. The highest BCUT2D eigenvalue weighted by Crippen LogP contribution is 2.33. The molecule has 1 atom stereocenters. The van der Waals surface area contributed by atoms with E-state index in [9.17, 15) is 5.11 Å². The van der Waals surface area contributed by atoms with Crippen molar-refractivity contribution in [2.45, 2.75) is 26.9 Å². The van der Waals surface area contributed by atoms with Crippen molar-refractivity contribution in [3.8, 4) is 0 Å². The Morgan fingerprint density at radius 2 is 1.72 bits per heavy atom. The summed E-state index contributed by atoms with van der Waals surface area (Å²) in [7, 11) is 0. The van der Waals surface area contributed by atoms with Crippen LogP contribution in [0.3, 0.4) is 0 Å². The second-order valence-electron chi connectivity index (χ2n) is 4.33. The van der Waals surface area contributed by atoms with E-state index < -0.39 is 6.10 Å². The molecule has 0 radical (unpaired) electrons. The Balaban J connectivity index is 2.47. The summed E-state index contributed by atoms with van der Waals surface area (Å²) in [6, 6.07) is 5.12. The van der Waals surface area contributed by atoms with Crippen LogP contribution in [-0.4, -0.2) is 5.11 Å². The first-order valence-electron chi connectivity index (χ1n) is 5.61. The van der Waals surface area contributed by atoms with Crippen molar-refractivity contribution in [3.63, 3.8) is 0 Å². The van der Waals surface area contributed by atoms with E-state index in [0.717, 1.165) is 22.6 Å². The second kappa shape index (κ2) is 4.96. The fourth-order valence-corrected chi connectivity index (χ4v) is 2.37. The van der Waals surface area contributed by atoms with E-state index in [4.69, 9.17) is 27.6 Å². The Labute approximate surface area is 116 Å². The molecule has 96 valence electrons. The largest absolute Gasteiger partial charge is 0.466 e. The first kappa shape index (κ1) is 13.5. The minimum absolute atomic E-state index is 0.434. The molecule has 1 unspecified atom stereocenters. The standard InChI is InChI=1S/C14H14Cl2O2/c1-7-8(2)18-9(3)13(7)14(17)10-4-5-11(15)12(16)6-10/h4-6,14,17H,1-3H3. The summed E-state index contributed by atoms with van der Waals surface area (Å²) in [6.45, 7) is 5.66. The molecule has 1 aromatic carbocycles. The van der Waals surface area contributed by atoms with Crippen LogP contribution in [0.2, 0.25) is 10.0 Å². The van der Waals surface area contributed by atoms with Gasteiger partial charge < -0.3 is 9.52 Å². The van der Waals surface area contributed by atoms with Crippen molar-refractivity contribution >= 4 is 23.2 Å². The summed E-state index contributed by atoms with van der Waals surface area (Å²) in [5, 5.41) is 11.3. The molecule has 2 rings (SSSR count). The Kier molecular flexibility index (Phi) is 3.71. The number of aryl methyl sites for hydroxylation is 2. The van der Waals surface area contributed by atoms with Crippen LogP contribution >= 0.6 is 23.2 Å². The van der Waals surface area contributed by atoms with Gasteiger partial charge in [-0.3, -0.25) is 0 Å². The maximum atomic E-state index is 10.4. The van der Waals surface area contributed by atoms with E-state index in [2.05, 4.69) is 0 Å². The molecule has 0 fully saturated rings. The molecule has 0 saturated heterocycles. The first-order chi connectivity index (χ1) is 8.41. The lowest BCUT2D eigenvalue weighted by Crippen LogP contribution is -2.02. The molecule has 0 amide bonds. The third-order valence-electron chi connectivity index (χ3n) is 3.15. The predicted octanol–water partition coefficient (Wildman–Crippen LogP) is 4.59. The highest BCUT2D eigenvalue weighted by Gasteiger charge is 2.21. The Hall–Kier alpha value is -0.960. The van der Waals surface area contributed by atoms with E-state index in [1.54, 1.807) is 18.2 Å². The molecule has 0 aliphatic heterocycles. The zero-order valence-electron chi connectivity index (χ0n) is 10.4. The van der Waals surface area contributed by atoms with Gasteiger partial charge >= 0.3 is 0 Å². The molecule has 0 spiro atoms. The smallest absolute Gasteiger partial charge is 0.108 e. The fourth-order valence-electron chi connectivity index (χ4n) is 2.06. The van der Waals surface area contributed by atoms with Gasteiger partial charge in [-0.05, 0) is 44.0 Å². The zero-order valence-corrected chi connectivity index (χ0v) is 11.9. The molecule has 0 bridgehead atoms. The second-order valence-corrected chi connectivity index (χ2v) is 5.14. The zero-order chi connectivity index (χ0) is 13.4. The van der Waals surface area contributed by atoms with Crippen molar-refractivity contribution in [3.05, 3.63) is 56.5 Å². The summed E-state index contributed by atoms with van der Waals surface area (Å²) >= 11 is 11.8. The van der Waals surface area contributed by atoms with Crippen LogP contribution in [0.5, 0.6) is 0 Å². The number of aliphatic hydroxyl groups excluding tert-OH is 1. The lowest BCUT2D eigenvalue weighted by Gasteiger charge is -2.12.